The lowest BCUT2D eigenvalue weighted by Gasteiger charge is -1.96. The van der Waals surface area contributed by atoms with Gasteiger partial charge in [-0.2, -0.15) is 5.10 Å². The normalized spacial score (nSPS) is 10.4. The van der Waals surface area contributed by atoms with Crippen molar-refractivity contribution in [3.63, 3.8) is 0 Å². The van der Waals surface area contributed by atoms with E-state index in [1.807, 2.05) is 6.92 Å². The van der Waals surface area contributed by atoms with Crippen molar-refractivity contribution in [3.8, 4) is 0 Å². The molecule has 19 heavy (non-hydrogen) atoms. The summed E-state index contributed by atoms with van der Waals surface area (Å²) in [6.07, 6.45) is 1.81. The number of carbonyl (C=O) groups is 1. The summed E-state index contributed by atoms with van der Waals surface area (Å²) in [4.78, 5) is 24.1. The van der Waals surface area contributed by atoms with Crippen LogP contribution in [0.4, 0.5) is 11.6 Å². The standard InChI is InChI=1S/C11H13N5O3/c1-2-3-7-6-9(15-14-7)13-11(17)8-4-5-10(12-8)16(18)19/h4-6,12H,2-3H2,1H3,(H2,13,14,15,17). The topological polar surface area (TPSA) is 117 Å². The van der Waals surface area contributed by atoms with Crippen molar-refractivity contribution < 1.29 is 9.72 Å². The van der Waals surface area contributed by atoms with Crippen LogP contribution in [-0.4, -0.2) is 26.0 Å². The van der Waals surface area contributed by atoms with E-state index in [0.29, 0.717) is 5.82 Å². The van der Waals surface area contributed by atoms with Gasteiger partial charge in [-0.3, -0.25) is 9.89 Å². The van der Waals surface area contributed by atoms with E-state index in [2.05, 4.69) is 20.5 Å². The first kappa shape index (κ1) is 12.8. The number of H-pyrrole nitrogens is 2. The Morgan fingerprint density at radius 2 is 2.32 bits per heavy atom. The zero-order valence-corrected chi connectivity index (χ0v) is 10.3. The molecule has 1 amide bonds. The van der Waals surface area contributed by atoms with Crippen LogP contribution in [0.1, 0.15) is 29.5 Å². The van der Waals surface area contributed by atoms with E-state index in [1.165, 1.54) is 12.1 Å². The second kappa shape index (κ2) is 5.34. The summed E-state index contributed by atoms with van der Waals surface area (Å²) in [5.74, 6) is -0.299. The van der Waals surface area contributed by atoms with Crippen LogP contribution in [0.25, 0.3) is 0 Å². The van der Waals surface area contributed by atoms with Crippen LogP contribution in [0.5, 0.6) is 0 Å². The molecule has 0 aromatic carbocycles. The van der Waals surface area contributed by atoms with Gasteiger partial charge in [0.05, 0.1) is 0 Å². The van der Waals surface area contributed by atoms with Crippen LogP contribution < -0.4 is 5.32 Å². The van der Waals surface area contributed by atoms with Gasteiger partial charge in [0.15, 0.2) is 11.5 Å². The Labute approximate surface area is 108 Å². The average Bonchev–Trinajstić information content (AvgIpc) is 2.98. The summed E-state index contributed by atoms with van der Waals surface area (Å²) < 4.78 is 0. The number of carbonyl (C=O) groups excluding carboxylic acids is 1. The highest BCUT2D eigenvalue weighted by Gasteiger charge is 2.16. The number of aryl methyl sites for hydroxylation is 1. The van der Waals surface area contributed by atoms with Crippen molar-refractivity contribution in [1.29, 1.82) is 0 Å². The molecular weight excluding hydrogens is 250 g/mol. The lowest BCUT2D eigenvalue weighted by molar-refractivity contribution is -0.389. The Balaban J connectivity index is 2.04. The van der Waals surface area contributed by atoms with Crippen molar-refractivity contribution >= 4 is 17.5 Å². The summed E-state index contributed by atoms with van der Waals surface area (Å²) in [6.45, 7) is 2.04. The van der Waals surface area contributed by atoms with Gasteiger partial charge in [-0.05, 0) is 17.4 Å². The Kier molecular flexibility index (Phi) is 3.60. The SMILES string of the molecule is CCCc1cc(NC(=O)c2ccc([N+](=O)[O-])[nH]2)n[nH]1. The van der Waals surface area contributed by atoms with Crippen molar-refractivity contribution in [2.75, 3.05) is 5.32 Å². The van der Waals surface area contributed by atoms with E-state index < -0.39 is 10.8 Å². The fourth-order valence-corrected chi connectivity index (χ4v) is 1.63. The molecule has 100 valence electrons. The first-order chi connectivity index (χ1) is 9.10. The van der Waals surface area contributed by atoms with Gasteiger partial charge in [0, 0.05) is 17.8 Å². The molecule has 3 N–H and O–H groups in total. The van der Waals surface area contributed by atoms with Crippen LogP contribution in [0.2, 0.25) is 0 Å². The number of nitrogens with one attached hydrogen (secondary N) is 3. The number of hydrogen-bond acceptors (Lipinski definition) is 4. The summed E-state index contributed by atoms with van der Waals surface area (Å²) in [6, 6.07) is 4.33. The Morgan fingerprint density at radius 3 is 2.95 bits per heavy atom. The first-order valence-electron chi connectivity index (χ1n) is 5.79. The summed E-state index contributed by atoms with van der Waals surface area (Å²) in [7, 11) is 0. The Bertz CT molecular complexity index is 601. The van der Waals surface area contributed by atoms with Crippen molar-refractivity contribution in [2.45, 2.75) is 19.8 Å². The van der Waals surface area contributed by atoms with E-state index in [0.717, 1.165) is 18.5 Å². The van der Waals surface area contributed by atoms with E-state index in [9.17, 15) is 14.9 Å². The molecule has 2 rings (SSSR count). The molecule has 2 aromatic heterocycles. The molecule has 0 bridgehead atoms. The minimum Gasteiger partial charge on any atom is -0.358 e. The molecule has 0 aliphatic rings. The highest BCUT2D eigenvalue weighted by molar-refractivity contribution is 6.02. The maximum atomic E-state index is 11.8. The van der Waals surface area contributed by atoms with Crippen molar-refractivity contribution in [3.05, 3.63) is 39.7 Å². The second-order valence-corrected chi connectivity index (χ2v) is 4.00. The Morgan fingerprint density at radius 1 is 1.53 bits per heavy atom. The largest absolute Gasteiger partial charge is 0.358 e. The quantitative estimate of drug-likeness (QED) is 0.563. The van der Waals surface area contributed by atoms with E-state index in [1.54, 1.807) is 6.07 Å². The van der Waals surface area contributed by atoms with Crippen LogP contribution in [0, 0.1) is 10.1 Å². The zero-order valence-electron chi connectivity index (χ0n) is 10.3. The third kappa shape index (κ3) is 2.97. The van der Waals surface area contributed by atoms with Gasteiger partial charge in [-0.25, -0.2) is 4.98 Å². The highest BCUT2D eigenvalue weighted by Crippen LogP contribution is 2.12. The molecule has 0 unspecified atom stereocenters. The van der Waals surface area contributed by atoms with Crippen LogP contribution in [-0.2, 0) is 6.42 Å². The first-order valence-corrected chi connectivity index (χ1v) is 5.79. The second-order valence-electron chi connectivity index (χ2n) is 4.00. The molecule has 0 aliphatic carbocycles. The fraction of sp³-hybridized carbons (Fsp3) is 0.273. The van der Waals surface area contributed by atoms with Gasteiger partial charge in [0.25, 0.3) is 5.91 Å². The van der Waals surface area contributed by atoms with E-state index in [4.69, 9.17) is 0 Å². The number of hydrogen-bond donors (Lipinski definition) is 3. The number of aromatic amines is 2. The van der Waals surface area contributed by atoms with Gasteiger partial charge >= 0.3 is 5.82 Å². The highest BCUT2D eigenvalue weighted by atomic mass is 16.6. The smallest absolute Gasteiger partial charge is 0.321 e. The van der Waals surface area contributed by atoms with Gasteiger partial charge < -0.3 is 15.4 Å². The lowest BCUT2D eigenvalue weighted by Crippen LogP contribution is -2.12. The number of nitro groups is 1. The molecule has 8 heteroatoms. The number of anilines is 1. The average molecular weight is 263 g/mol. The third-order valence-corrected chi connectivity index (χ3v) is 2.50. The molecule has 2 heterocycles. The van der Waals surface area contributed by atoms with Gasteiger partial charge in [0.2, 0.25) is 0 Å². The summed E-state index contributed by atoms with van der Waals surface area (Å²) in [5.41, 5.74) is 1.04. The number of nitrogens with zero attached hydrogens (tertiary/aromatic N) is 2. The van der Waals surface area contributed by atoms with Crippen LogP contribution in [0.3, 0.4) is 0 Å². The number of amides is 1. The third-order valence-electron chi connectivity index (χ3n) is 2.50. The molecule has 0 atom stereocenters. The summed E-state index contributed by atoms with van der Waals surface area (Å²) in [5, 5.41) is 19.8. The molecule has 0 fully saturated rings. The predicted molar refractivity (Wildman–Crippen MR) is 68.0 cm³/mol. The Hall–Kier alpha value is -2.64. The predicted octanol–water partition coefficient (Wildman–Crippen LogP) is 1.85. The summed E-state index contributed by atoms with van der Waals surface area (Å²) >= 11 is 0. The monoisotopic (exact) mass is 263 g/mol. The van der Waals surface area contributed by atoms with E-state index >= 15 is 0 Å². The molecule has 2 aromatic rings. The van der Waals surface area contributed by atoms with Gasteiger partial charge in [-0.1, -0.05) is 13.3 Å². The molecule has 0 spiro atoms. The maximum Gasteiger partial charge on any atom is 0.321 e. The molecule has 0 saturated heterocycles. The van der Waals surface area contributed by atoms with Gasteiger partial charge in [0.1, 0.15) is 0 Å². The molecule has 0 aliphatic heterocycles. The van der Waals surface area contributed by atoms with E-state index in [-0.39, 0.29) is 11.5 Å². The van der Waals surface area contributed by atoms with Crippen LogP contribution >= 0.6 is 0 Å². The van der Waals surface area contributed by atoms with Gasteiger partial charge in [-0.15, -0.1) is 0 Å². The molecule has 0 radical (unpaired) electrons. The maximum absolute atomic E-state index is 11.8. The fourth-order valence-electron chi connectivity index (χ4n) is 1.63. The minimum absolute atomic E-state index is 0.117. The van der Waals surface area contributed by atoms with Crippen LogP contribution in [0.15, 0.2) is 18.2 Å². The molecular formula is C11H13N5O3. The minimum atomic E-state index is -0.593. The number of rotatable bonds is 5. The zero-order chi connectivity index (χ0) is 13.8. The van der Waals surface area contributed by atoms with Crippen molar-refractivity contribution in [2.24, 2.45) is 0 Å². The molecule has 8 nitrogen and oxygen atoms in total. The lowest BCUT2D eigenvalue weighted by atomic mass is 10.2. The molecule has 0 saturated carbocycles. The van der Waals surface area contributed by atoms with Crippen molar-refractivity contribution in [1.82, 2.24) is 15.2 Å². The number of aromatic nitrogens is 3.